The van der Waals surface area contributed by atoms with Crippen molar-refractivity contribution in [3.05, 3.63) is 28.7 Å². The molecule has 232 valence electrons. The number of nitrogens with one attached hydrogen (secondary N) is 2. The molecule has 3 aromatic heterocycles. The number of hydrogen-bond acceptors (Lipinski definition) is 9. The number of hydrogen-bond donors (Lipinski definition) is 3. The van der Waals surface area contributed by atoms with Gasteiger partial charge in [-0.3, -0.25) is 4.90 Å². The summed E-state index contributed by atoms with van der Waals surface area (Å²) in [7, 11) is 0. The van der Waals surface area contributed by atoms with Crippen LogP contribution in [0.1, 0.15) is 68.7 Å². The quantitative estimate of drug-likeness (QED) is 0.235. The molecule has 3 aromatic rings. The number of aryl methyl sites for hydroxylation is 2. The summed E-state index contributed by atoms with van der Waals surface area (Å²) in [6, 6.07) is 1.11. The normalized spacial score (nSPS) is 20.1. The maximum Gasteiger partial charge on any atom is 0.418 e. The lowest BCUT2D eigenvalue weighted by Gasteiger charge is -2.31. The van der Waals surface area contributed by atoms with E-state index in [2.05, 4.69) is 37.4 Å². The van der Waals surface area contributed by atoms with Gasteiger partial charge >= 0.3 is 12.2 Å². The minimum absolute atomic E-state index is 0.00204. The van der Waals surface area contributed by atoms with E-state index in [1.165, 1.54) is 6.92 Å². The average Bonchev–Trinajstić information content (AvgIpc) is 3.51. The van der Waals surface area contributed by atoms with Crippen molar-refractivity contribution in [1.29, 1.82) is 0 Å². The molecule has 0 aromatic carbocycles. The van der Waals surface area contributed by atoms with Gasteiger partial charge in [-0.2, -0.15) is 23.1 Å². The lowest BCUT2D eigenvalue weighted by Crippen LogP contribution is -2.43. The van der Waals surface area contributed by atoms with Crippen molar-refractivity contribution in [2.24, 2.45) is 0 Å². The molecule has 6 rings (SSSR count). The number of rotatable bonds is 8. The number of nitrogen functional groups attached to an aromatic ring is 1. The first-order chi connectivity index (χ1) is 20.6. The number of aromatic nitrogens is 4. The van der Waals surface area contributed by atoms with E-state index in [9.17, 15) is 13.2 Å². The highest BCUT2D eigenvalue weighted by Crippen LogP contribution is 2.42. The van der Waals surface area contributed by atoms with Crippen LogP contribution in [-0.2, 0) is 12.6 Å². The molecule has 0 bridgehead atoms. The van der Waals surface area contributed by atoms with Crippen LogP contribution in [0.15, 0.2) is 6.07 Å². The van der Waals surface area contributed by atoms with Gasteiger partial charge in [0, 0.05) is 12.6 Å². The highest BCUT2D eigenvalue weighted by atomic mass is 19.4. The maximum absolute atomic E-state index is 16.5. The first-order valence-corrected chi connectivity index (χ1v) is 15.2. The van der Waals surface area contributed by atoms with Crippen LogP contribution in [-0.4, -0.2) is 69.2 Å². The Hall–Kier alpha value is -3.32. The summed E-state index contributed by atoms with van der Waals surface area (Å²) in [6.45, 7) is 7.30. The fraction of sp³-hybridized carbons (Fsp3) is 0.600. The van der Waals surface area contributed by atoms with Crippen molar-refractivity contribution in [2.75, 3.05) is 43.8 Å². The van der Waals surface area contributed by atoms with Crippen molar-refractivity contribution in [1.82, 2.24) is 30.2 Å². The number of pyridine rings is 2. The summed E-state index contributed by atoms with van der Waals surface area (Å²) in [4.78, 5) is 20.0. The Morgan fingerprint density at radius 1 is 1.12 bits per heavy atom. The summed E-state index contributed by atoms with van der Waals surface area (Å²) in [5, 5.41) is 7.23. The average molecular weight is 603 g/mol. The first kappa shape index (κ1) is 29.7. The van der Waals surface area contributed by atoms with Crippen LogP contribution >= 0.6 is 0 Å². The molecule has 6 heterocycles. The van der Waals surface area contributed by atoms with Gasteiger partial charge in [-0.1, -0.05) is 6.92 Å². The van der Waals surface area contributed by atoms with E-state index in [1.807, 2.05) is 0 Å². The summed E-state index contributed by atoms with van der Waals surface area (Å²) in [5.41, 5.74) is 3.62. The number of nitrogens with two attached hydrogens (primary N) is 1. The van der Waals surface area contributed by atoms with Gasteiger partial charge in [0.05, 0.1) is 22.2 Å². The van der Waals surface area contributed by atoms with Crippen LogP contribution in [0, 0.1) is 12.7 Å². The number of nitrogens with zero attached hydrogens (tertiary/aromatic N) is 5. The zero-order valence-corrected chi connectivity index (χ0v) is 24.6. The molecule has 2 fully saturated rings. The molecule has 1 atom stereocenters. The maximum atomic E-state index is 16.5. The minimum atomic E-state index is -4.80. The molecular formula is C30H38F4N8O. The third-order valence-electron chi connectivity index (χ3n) is 8.99. The SMILES string of the molecule is CCCNCC1CCCc2nc(-c3nc(N)cc(C)c3C(F)(F)F)c(F)c3nc(OCC45CCCN4CCC5)nc(c23)N1. The van der Waals surface area contributed by atoms with E-state index in [-0.39, 0.29) is 34.5 Å². The zero-order chi connectivity index (χ0) is 30.4. The molecule has 0 radical (unpaired) electrons. The van der Waals surface area contributed by atoms with Crippen molar-refractivity contribution in [3.63, 3.8) is 0 Å². The second-order valence-electron chi connectivity index (χ2n) is 12.0. The van der Waals surface area contributed by atoms with Crippen LogP contribution in [0.5, 0.6) is 6.01 Å². The molecule has 13 heteroatoms. The Morgan fingerprint density at radius 2 is 1.88 bits per heavy atom. The predicted octanol–water partition coefficient (Wildman–Crippen LogP) is 5.26. The number of alkyl halides is 3. The Balaban J connectivity index is 1.49. The van der Waals surface area contributed by atoms with Gasteiger partial charge in [-0.15, -0.1) is 0 Å². The van der Waals surface area contributed by atoms with Gasteiger partial charge in [0.25, 0.3) is 0 Å². The van der Waals surface area contributed by atoms with E-state index in [4.69, 9.17) is 15.5 Å². The fourth-order valence-electron chi connectivity index (χ4n) is 7.01. The number of fused-ring (bicyclic) bond motifs is 1. The van der Waals surface area contributed by atoms with Gasteiger partial charge in [-0.05, 0) is 89.6 Å². The summed E-state index contributed by atoms with van der Waals surface area (Å²) in [5.74, 6) is -0.798. The highest BCUT2D eigenvalue weighted by Gasteiger charge is 2.45. The molecule has 0 aliphatic carbocycles. The van der Waals surface area contributed by atoms with E-state index in [0.29, 0.717) is 42.9 Å². The summed E-state index contributed by atoms with van der Waals surface area (Å²) >= 11 is 0. The van der Waals surface area contributed by atoms with Gasteiger partial charge < -0.3 is 21.1 Å². The van der Waals surface area contributed by atoms with Crippen molar-refractivity contribution < 1.29 is 22.3 Å². The molecule has 0 amide bonds. The topological polar surface area (TPSA) is 114 Å². The monoisotopic (exact) mass is 602 g/mol. The Morgan fingerprint density at radius 3 is 2.60 bits per heavy atom. The van der Waals surface area contributed by atoms with Gasteiger partial charge in [0.15, 0.2) is 5.82 Å². The summed E-state index contributed by atoms with van der Waals surface area (Å²) in [6.07, 6.45) is 2.22. The fourth-order valence-corrected chi connectivity index (χ4v) is 7.01. The molecule has 2 saturated heterocycles. The third kappa shape index (κ3) is 5.68. The first-order valence-electron chi connectivity index (χ1n) is 15.2. The second kappa shape index (κ2) is 11.6. The molecule has 1 unspecified atom stereocenters. The number of halogens is 4. The number of ether oxygens (including phenoxy) is 1. The van der Waals surface area contributed by atoms with Gasteiger partial charge in [-0.25, -0.2) is 14.4 Å². The van der Waals surface area contributed by atoms with Crippen LogP contribution in [0.25, 0.3) is 22.3 Å². The zero-order valence-electron chi connectivity index (χ0n) is 24.6. The Bertz CT molecular complexity index is 1500. The van der Waals surface area contributed by atoms with Crippen LogP contribution in [0.4, 0.5) is 29.2 Å². The minimum Gasteiger partial charge on any atom is -0.461 e. The largest absolute Gasteiger partial charge is 0.461 e. The molecule has 9 nitrogen and oxygen atoms in total. The van der Waals surface area contributed by atoms with Gasteiger partial charge in [0.1, 0.15) is 35.1 Å². The van der Waals surface area contributed by atoms with Crippen molar-refractivity contribution in [3.8, 4) is 17.4 Å². The van der Waals surface area contributed by atoms with Crippen LogP contribution in [0.3, 0.4) is 0 Å². The standard InChI is InChI=1S/C30H38F4N8O/c1-3-11-36-15-18-7-4-8-19-21-24(23(31)26(38-19)25-22(30(32,33)34)17(2)14-20(35)39-25)40-28(41-27(21)37-18)43-16-29-9-5-12-42(29)13-6-10-29/h14,18,36H,3-13,15-16H2,1-2H3,(H2,35,39)(H,37,40,41). The molecule has 0 saturated carbocycles. The van der Waals surface area contributed by atoms with Gasteiger partial charge in [0.2, 0.25) is 0 Å². The third-order valence-corrected chi connectivity index (χ3v) is 8.99. The van der Waals surface area contributed by atoms with Crippen LogP contribution in [0.2, 0.25) is 0 Å². The molecular weight excluding hydrogens is 564 g/mol. The highest BCUT2D eigenvalue weighted by molar-refractivity contribution is 5.94. The lowest BCUT2D eigenvalue weighted by molar-refractivity contribution is -0.137. The molecule has 0 spiro atoms. The number of anilines is 2. The Labute approximate surface area is 248 Å². The molecule has 4 N–H and O–H groups in total. The lowest BCUT2D eigenvalue weighted by atomic mass is 9.95. The van der Waals surface area contributed by atoms with E-state index >= 15 is 4.39 Å². The van der Waals surface area contributed by atoms with E-state index < -0.39 is 28.9 Å². The molecule has 3 aliphatic rings. The van der Waals surface area contributed by atoms with Crippen molar-refractivity contribution >= 4 is 22.5 Å². The second-order valence-corrected chi connectivity index (χ2v) is 12.0. The van der Waals surface area contributed by atoms with Crippen molar-refractivity contribution in [2.45, 2.75) is 83.0 Å². The van der Waals surface area contributed by atoms with E-state index in [0.717, 1.165) is 64.2 Å². The van der Waals surface area contributed by atoms with E-state index in [1.54, 1.807) is 0 Å². The predicted molar refractivity (Wildman–Crippen MR) is 156 cm³/mol. The molecule has 43 heavy (non-hydrogen) atoms. The smallest absolute Gasteiger partial charge is 0.418 e. The summed E-state index contributed by atoms with van der Waals surface area (Å²) < 4.78 is 65.5. The Kier molecular flexibility index (Phi) is 8.05. The molecule has 3 aliphatic heterocycles. The van der Waals surface area contributed by atoms with Crippen LogP contribution < -0.4 is 21.1 Å².